The van der Waals surface area contributed by atoms with Crippen molar-refractivity contribution in [2.75, 3.05) is 13.6 Å². The van der Waals surface area contributed by atoms with Gasteiger partial charge in [0.05, 0.1) is 0 Å². The molecule has 2 heteroatoms. The molecule has 1 aliphatic rings. The highest BCUT2D eigenvalue weighted by Crippen LogP contribution is 2.39. The van der Waals surface area contributed by atoms with Crippen molar-refractivity contribution in [1.29, 1.82) is 0 Å². The Hall–Kier alpha value is -1.12. The summed E-state index contributed by atoms with van der Waals surface area (Å²) in [5, 5.41) is 7.93. The first-order chi connectivity index (χ1) is 9.34. The average Bonchev–Trinajstić information content (AvgIpc) is 2.92. The largest absolute Gasteiger partial charge is 0.319 e. The van der Waals surface area contributed by atoms with Gasteiger partial charge in [-0.1, -0.05) is 24.3 Å². The molecule has 1 aromatic carbocycles. The van der Waals surface area contributed by atoms with Crippen LogP contribution in [0, 0.1) is 0 Å². The number of benzene rings is 1. The monoisotopic (exact) mass is 271 g/mol. The zero-order valence-corrected chi connectivity index (χ0v) is 12.3. The number of hydrogen-bond acceptors (Lipinski definition) is 2. The van der Waals surface area contributed by atoms with Crippen molar-refractivity contribution in [3.63, 3.8) is 0 Å². The maximum Gasteiger partial charge on any atom is 0.0121 e. The lowest BCUT2D eigenvalue weighted by Crippen LogP contribution is -2.41. The van der Waals surface area contributed by atoms with Gasteiger partial charge >= 0.3 is 0 Å². The second-order valence-corrected chi connectivity index (χ2v) is 6.41. The molecule has 0 fully saturated rings. The first kappa shape index (κ1) is 12.9. The Labute approximate surface area is 119 Å². The van der Waals surface area contributed by atoms with Crippen LogP contribution < -0.4 is 5.32 Å². The van der Waals surface area contributed by atoms with Gasteiger partial charge in [0.2, 0.25) is 0 Å². The molecule has 0 saturated heterocycles. The van der Waals surface area contributed by atoms with Crippen molar-refractivity contribution in [1.82, 2.24) is 5.32 Å². The zero-order valence-electron chi connectivity index (χ0n) is 11.5. The highest BCUT2D eigenvalue weighted by atomic mass is 32.1. The van der Waals surface area contributed by atoms with Gasteiger partial charge in [0.25, 0.3) is 0 Å². The van der Waals surface area contributed by atoms with Gasteiger partial charge in [0, 0.05) is 12.0 Å². The molecule has 1 N–H and O–H groups in total. The number of likely N-dealkylation sites (N-methyl/N-ethyl adjacent to an activating group) is 1. The molecule has 0 radical (unpaired) electrons. The van der Waals surface area contributed by atoms with Gasteiger partial charge in [-0.05, 0) is 66.2 Å². The van der Waals surface area contributed by atoms with Crippen LogP contribution in [0.2, 0.25) is 0 Å². The van der Waals surface area contributed by atoms with E-state index in [1.165, 1.54) is 24.8 Å². The Morgan fingerprint density at radius 2 is 2.16 bits per heavy atom. The Bertz CT molecular complexity index is 532. The minimum absolute atomic E-state index is 0.282. The summed E-state index contributed by atoms with van der Waals surface area (Å²) in [6.07, 6.45) is 5.00. The SMILES string of the molecule is CNCC1(Cc2ccsc2)CCCc2ccccc21. The molecule has 0 saturated carbocycles. The summed E-state index contributed by atoms with van der Waals surface area (Å²) in [5.74, 6) is 0. The van der Waals surface area contributed by atoms with Crippen LogP contribution >= 0.6 is 11.3 Å². The van der Waals surface area contributed by atoms with Crippen LogP contribution in [0.25, 0.3) is 0 Å². The number of thiophene rings is 1. The van der Waals surface area contributed by atoms with Crippen LogP contribution in [-0.4, -0.2) is 13.6 Å². The van der Waals surface area contributed by atoms with Gasteiger partial charge in [-0.3, -0.25) is 0 Å². The fraction of sp³-hybridized carbons (Fsp3) is 0.412. The van der Waals surface area contributed by atoms with Crippen LogP contribution in [0.3, 0.4) is 0 Å². The van der Waals surface area contributed by atoms with E-state index in [1.807, 2.05) is 0 Å². The van der Waals surface area contributed by atoms with Crippen LogP contribution in [0.5, 0.6) is 0 Å². The molecule has 0 spiro atoms. The molecule has 19 heavy (non-hydrogen) atoms. The highest BCUT2D eigenvalue weighted by molar-refractivity contribution is 7.07. The third-order valence-corrected chi connectivity index (χ3v) is 5.06. The van der Waals surface area contributed by atoms with Crippen molar-refractivity contribution in [2.24, 2.45) is 0 Å². The normalized spacial score (nSPS) is 22.2. The molecule has 100 valence electrons. The molecule has 1 atom stereocenters. The van der Waals surface area contributed by atoms with E-state index >= 15 is 0 Å². The average molecular weight is 271 g/mol. The van der Waals surface area contributed by atoms with Crippen molar-refractivity contribution >= 4 is 11.3 Å². The Morgan fingerprint density at radius 1 is 1.26 bits per heavy atom. The van der Waals surface area contributed by atoms with E-state index in [0.29, 0.717) is 0 Å². The fourth-order valence-electron chi connectivity index (χ4n) is 3.56. The van der Waals surface area contributed by atoms with Gasteiger partial charge in [0.1, 0.15) is 0 Å². The summed E-state index contributed by atoms with van der Waals surface area (Å²) in [7, 11) is 2.08. The highest BCUT2D eigenvalue weighted by Gasteiger charge is 2.35. The number of aryl methyl sites for hydroxylation is 1. The van der Waals surface area contributed by atoms with Crippen LogP contribution in [-0.2, 0) is 18.3 Å². The van der Waals surface area contributed by atoms with Crippen molar-refractivity contribution in [3.8, 4) is 0 Å². The Balaban J connectivity index is 2.01. The number of rotatable bonds is 4. The number of nitrogens with one attached hydrogen (secondary N) is 1. The lowest BCUT2D eigenvalue weighted by atomic mass is 9.67. The predicted octanol–water partition coefficient (Wildman–Crippen LogP) is 3.78. The molecule has 2 aromatic rings. The van der Waals surface area contributed by atoms with Crippen LogP contribution in [0.4, 0.5) is 0 Å². The quantitative estimate of drug-likeness (QED) is 0.892. The van der Waals surface area contributed by atoms with E-state index in [1.54, 1.807) is 22.5 Å². The van der Waals surface area contributed by atoms with Crippen molar-refractivity contribution in [2.45, 2.75) is 31.1 Å². The maximum absolute atomic E-state index is 3.43. The summed E-state index contributed by atoms with van der Waals surface area (Å²) in [5.41, 5.74) is 4.89. The summed E-state index contributed by atoms with van der Waals surface area (Å²) in [6, 6.07) is 11.3. The zero-order chi connectivity index (χ0) is 13.1. The van der Waals surface area contributed by atoms with Crippen LogP contribution in [0.1, 0.15) is 29.5 Å². The van der Waals surface area contributed by atoms with Crippen molar-refractivity contribution in [3.05, 3.63) is 57.8 Å². The van der Waals surface area contributed by atoms with E-state index in [9.17, 15) is 0 Å². The summed E-state index contributed by atoms with van der Waals surface area (Å²) >= 11 is 1.81. The number of fused-ring (bicyclic) bond motifs is 1. The molecule has 0 aliphatic heterocycles. The first-order valence-electron chi connectivity index (χ1n) is 7.08. The van der Waals surface area contributed by atoms with E-state index in [2.05, 4.69) is 53.5 Å². The summed E-state index contributed by atoms with van der Waals surface area (Å²) < 4.78 is 0. The van der Waals surface area contributed by atoms with Gasteiger partial charge in [-0.25, -0.2) is 0 Å². The minimum Gasteiger partial charge on any atom is -0.319 e. The van der Waals surface area contributed by atoms with E-state index in [-0.39, 0.29) is 5.41 Å². The maximum atomic E-state index is 3.43. The van der Waals surface area contributed by atoms with E-state index in [4.69, 9.17) is 0 Å². The summed E-state index contributed by atoms with van der Waals surface area (Å²) in [4.78, 5) is 0. The van der Waals surface area contributed by atoms with E-state index in [0.717, 1.165) is 13.0 Å². The lowest BCUT2D eigenvalue weighted by molar-refractivity contribution is 0.345. The molecule has 1 heterocycles. The minimum atomic E-state index is 0.282. The Morgan fingerprint density at radius 3 is 2.95 bits per heavy atom. The van der Waals surface area contributed by atoms with E-state index < -0.39 is 0 Å². The molecule has 1 aromatic heterocycles. The Kier molecular flexibility index (Phi) is 3.72. The standard InChI is InChI=1S/C17H21NS/c1-18-13-17(11-14-8-10-19-12-14)9-4-6-15-5-2-3-7-16(15)17/h2-3,5,7-8,10,12,18H,4,6,9,11,13H2,1H3. The second kappa shape index (κ2) is 5.48. The van der Waals surface area contributed by atoms with Gasteiger partial charge in [0.15, 0.2) is 0 Å². The molecule has 1 aliphatic carbocycles. The molecular formula is C17H21NS. The third kappa shape index (κ3) is 2.47. The third-order valence-electron chi connectivity index (χ3n) is 4.33. The molecule has 0 amide bonds. The molecule has 1 unspecified atom stereocenters. The van der Waals surface area contributed by atoms with Gasteiger partial charge < -0.3 is 5.32 Å². The predicted molar refractivity (Wildman–Crippen MR) is 83.0 cm³/mol. The molecule has 0 bridgehead atoms. The smallest absolute Gasteiger partial charge is 0.0121 e. The topological polar surface area (TPSA) is 12.0 Å². The van der Waals surface area contributed by atoms with Crippen LogP contribution in [0.15, 0.2) is 41.1 Å². The summed E-state index contributed by atoms with van der Waals surface area (Å²) in [6.45, 7) is 1.07. The van der Waals surface area contributed by atoms with Crippen molar-refractivity contribution < 1.29 is 0 Å². The van der Waals surface area contributed by atoms with Gasteiger partial charge in [-0.2, -0.15) is 11.3 Å². The molecule has 3 rings (SSSR count). The molecule has 1 nitrogen and oxygen atoms in total. The molecular weight excluding hydrogens is 250 g/mol. The second-order valence-electron chi connectivity index (χ2n) is 5.63. The lowest BCUT2D eigenvalue weighted by Gasteiger charge is -2.39. The first-order valence-corrected chi connectivity index (χ1v) is 8.02. The number of hydrogen-bond donors (Lipinski definition) is 1. The van der Waals surface area contributed by atoms with Gasteiger partial charge in [-0.15, -0.1) is 0 Å². The fourth-order valence-corrected chi connectivity index (χ4v) is 4.23.